The molecule has 3 aromatic carbocycles. The summed E-state index contributed by atoms with van der Waals surface area (Å²) in [4.78, 5) is 22.1. The van der Waals surface area contributed by atoms with Crippen LogP contribution in [0.3, 0.4) is 0 Å². The molecule has 0 unspecified atom stereocenters. The highest BCUT2D eigenvalue weighted by Gasteiger charge is 2.25. The quantitative estimate of drug-likeness (QED) is 0.289. The molecule has 1 aliphatic rings. The van der Waals surface area contributed by atoms with Crippen LogP contribution in [0.5, 0.6) is 0 Å². The molecule has 34 heavy (non-hydrogen) atoms. The Hall–Kier alpha value is -3.99. The number of anilines is 1. The molecule has 5 aromatic rings. The van der Waals surface area contributed by atoms with E-state index in [1.54, 1.807) is 0 Å². The molecule has 1 fully saturated rings. The van der Waals surface area contributed by atoms with Crippen molar-refractivity contribution in [2.24, 2.45) is 5.92 Å². The maximum atomic E-state index is 12.5. The number of benzene rings is 3. The third kappa shape index (κ3) is 4.05. The van der Waals surface area contributed by atoms with Gasteiger partial charge in [-0.15, -0.1) is 0 Å². The maximum absolute atomic E-state index is 12.5. The highest BCUT2D eigenvalue weighted by molar-refractivity contribution is 5.97. The van der Waals surface area contributed by atoms with Gasteiger partial charge in [-0.1, -0.05) is 66.7 Å². The third-order valence-corrected chi connectivity index (χ3v) is 6.55. The second kappa shape index (κ2) is 8.75. The number of nitrogens with zero attached hydrogens (tertiary/aromatic N) is 3. The van der Waals surface area contributed by atoms with Gasteiger partial charge in [0.25, 0.3) is 0 Å². The lowest BCUT2D eigenvalue weighted by atomic mass is 10.0. The summed E-state index contributed by atoms with van der Waals surface area (Å²) in [5, 5.41) is 3.50. The van der Waals surface area contributed by atoms with Crippen LogP contribution in [0.15, 0.2) is 85.1 Å². The normalized spacial score (nSPS) is 13.4. The Morgan fingerprint density at radius 3 is 2.50 bits per heavy atom. The van der Waals surface area contributed by atoms with Gasteiger partial charge in [0.15, 0.2) is 17.2 Å². The van der Waals surface area contributed by atoms with Crippen LogP contribution in [-0.2, 0) is 6.42 Å². The minimum atomic E-state index is 0.242. The summed E-state index contributed by atoms with van der Waals surface area (Å²) in [6.07, 6.45) is 5.85. The van der Waals surface area contributed by atoms with E-state index in [1.165, 1.54) is 18.4 Å². The van der Waals surface area contributed by atoms with Crippen molar-refractivity contribution in [3.05, 3.63) is 96.2 Å². The van der Waals surface area contributed by atoms with Gasteiger partial charge in [-0.3, -0.25) is 9.20 Å². The summed E-state index contributed by atoms with van der Waals surface area (Å²) in [5.74, 6) is 1.61. The van der Waals surface area contributed by atoms with E-state index in [-0.39, 0.29) is 5.78 Å². The van der Waals surface area contributed by atoms with E-state index in [1.807, 2.05) is 54.7 Å². The number of Topliss-reactive ketones (excluding diaryl/α,β-unsaturated/α-hetero) is 1. The van der Waals surface area contributed by atoms with Gasteiger partial charge in [0.05, 0.1) is 22.9 Å². The summed E-state index contributed by atoms with van der Waals surface area (Å²) in [5.41, 5.74) is 6.81. The van der Waals surface area contributed by atoms with E-state index in [2.05, 4.69) is 40.0 Å². The molecular formula is C29H26N4O. The van der Waals surface area contributed by atoms with Crippen LogP contribution < -0.4 is 5.32 Å². The summed E-state index contributed by atoms with van der Waals surface area (Å²) in [6, 6.07) is 26.5. The van der Waals surface area contributed by atoms with E-state index < -0.39 is 0 Å². The number of rotatable bonds is 8. The second-order valence-electron chi connectivity index (χ2n) is 9.06. The SMILES string of the molecule is O=C(CC1CC1)c1ccc(-c2cnc3c(NCCc4ccccc4)nc4ccccc4n23)cc1. The number of carbonyl (C=O) groups excluding carboxylic acids is 1. The van der Waals surface area contributed by atoms with E-state index in [9.17, 15) is 4.79 Å². The number of fused-ring (bicyclic) bond motifs is 3. The predicted octanol–water partition coefficient (Wildman–Crippen LogP) is 6.19. The fourth-order valence-corrected chi connectivity index (χ4v) is 4.50. The summed E-state index contributed by atoms with van der Waals surface area (Å²) in [6.45, 7) is 0.769. The van der Waals surface area contributed by atoms with Crippen molar-refractivity contribution in [1.82, 2.24) is 14.4 Å². The van der Waals surface area contributed by atoms with Crippen LogP contribution in [0.25, 0.3) is 27.9 Å². The van der Waals surface area contributed by atoms with E-state index >= 15 is 0 Å². The molecule has 0 spiro atoms. The number of para-hydroxylation sites is 2. The topological polar surface area (TPSA) is 59.3 Å². The van der Waals surface area contributed by atoms with Crippen molar-refractivity contribution in [2.75, 3.05) is 11.9 Å². The van der Waals surface area contributed by atoms with Gasteiger partial charge >= 0.3 is 0 Å². The molecule has 1 saturated carbocycles. The Labute approximate surface area is 198 Å². The molecule has 5 nitrogen and oxygen atoms in total. The van der Waals surface area contributed by atoms with Crippen molar-refractivity contribution in [1.29, 1.82) is 0 Å². The first-order chi connectivity index (χ1) is 16.8. The Morgan fingerprint density at radius 1 is 0.941 bits per heavy atom. The summed E-state index contributed by atoms with van der Waals surface area (Å²) < 4.78 is 2.16. The molecule has 168 valence electrons. The number of aromatic nitrogens is 3. The zero-order chi connectivity index (χ0) is 22.9. The Kier molecular flexibility index (Phi) is 5.30. The van der Waals surface area contributed by atoms with Gasteiger partial charge in [-0.2, -0.15) is 0 Å². The van der Waals surface area contributed by atoms with Crippen molar-refractivity contribution in [2.45, 2.75) is 25.7 Å². The number of hydrogen-bond donors (Lipinski definition) is 1. The summed E-state index contributed by atoms with van der Waals surface area (Å²) in [7, 11) is 0. The van der Waals surface area contributed by atoms with Crippen molar-refractivity contribution < 1.29 is 4.79 Å². The first-order valence-electron chi connectivity index (χ1n) is 11.9. The zero-order valence-electron chi connectivity index (χ0n) is 18.9. The fraction of sp³-hybridized carbons (Fsp3) is 0.207. The van der Waals surface area contributed by atoms with Crippen LogP contribution >= 0.6 is 0 Å². The van der Waals surface area contributed by atoms with Crippen molar-refractivity contribution >= 4 is 28.3 Å². The Balaban J connectivity index is 1.34. The molecule has 0 amide bonds. The third-order valence-electron chi connectivity index (χ3n) is 6.55. The molecule has 0 atom stereocenters. The molecule has 2 heterocycles. The monoisotopic (exact) mass is 446 g/mol. The molecule has 1 N–H and O–H groups in total. The Morgan fingerprint density at radius 2 is 1.71 bits per heavy atom. The largest absolute Gasteiger partial charge is 0.367 e. The highest BCUT2D eigenvalue weighted by atomic mass is 16.1. The van der Waals surface area contributed by atoms with Crippen molar-refractivity contribution in [3.63, 3.8) is 0 Å². The maximum Gasteiger partial charge on any atom is 0.181 e. The van der Waals surface area contributed by atoms with Gasteiger partial charge in [0.2, 0.25) is 0 Å². The van der Waals surface area contributed by atoms with E-state index in [0.717, 1.165) is 52.3 Å². The minimum Gasteiger partial charge on any atom is -0.367 e. The van der Waals surface area contributed by atoms with Gasteiger partial charge < -0.3 is 5.32 Å². The van der Waals surface area contributed by atoms with Crippen LogP contribution in [-0.4, -0.2) is 26.7 Å². The summed E-state index contributed by atoms with van der Waals surface area (Å²) >= 11 is 0. The Bertz CT molecular complexity index is 1470. The predicted molar refractivity (Wildman–Crippen MR) is 136 cm³/mol. The number of hydrogen-bond acceptors (Lipinski definition) is 4. The standard InChI is InChI=1S/C29H26N4O/c34-27(18-21-10-11-21)23-14-12-22(13-15-23)26-19-31-29-28(30-17-16-20-6-2-1-3-7-20)32-24-8-4-5-9-25(24)33(26)29/h1-9,12-15,19,21H,10-11,16-18H2,(H,30,32). The van der Waals surface area contributed by atoms with Gasteiger partial charge in [0, 0.05) is 24.1 Å². The van der Waals surface area contributed by atoms with E-state index in [0.29, 0.717) is 12.3 Å². The highest BCUT2D eigenvalue weighted by Crippen LogP contribution is 2.34. The molecular weight excluding hydrogens is 420 g/mol. The minimum absolute atomic E-state index is 0.242. The molecule has 0 radical (unpaired) electrons. The average molecular weight is 447 g/mol. The lowest BCUT2D eigenvalue weighted by Gasteiger charge is -2.12. The fourth-order valence-electron chi connectivity index (χ4n) is 4.50. The number of nitrogens with one attached hydrogen (secondary N) is 1. The first-order valence-corrected chi connectivity index (χ1v) is 11.9. The molecule has 6 rings (SSSR count). The number of imidazole rings is 1. The molecule has 0 saturated heterocycles. The van der Waals surface area contributed by atoms with Crippen LogP contribution in [0.1, 0.15) is 35.2 Å². The van der Waals surface area contributed by atoms with Gasteiger partial charge in [-0.05, 0) is 42.9 Å². The molecule has 0 bridgehead atoms. The van der Waals surface area contributed by atoms with Crippen LogP contribution in [0.4, 0.5) is 5.82 Å². The molecule has 2 aromatic heterocycles. The number of ketones is 1. The second-order valence-corrected chi connectivity index (χ2v) is 9.06. The van der Waals surface area contributed by atoms with Crippen molar-refractivity contribution in [3.8, 4) is 11.3 Å². The van der Waals surface area contributed by atoms with Crippen LogP contribution in [0.2, 0.25) is 0 Å². The smallest absolute Gasteiger partial charge is 0.181 e. The van der Waals surface area contributed by atoms with Crippen LogP contribution in [0, 0.1) is 5.92 Å². The molecule has 5 heteroatoms. The average Bonchev–Trinajstić information content (AvgIpc) is 3.58. The lowest BCUT2D eigenvalue weighted by molar-refractivity contribution is 0.0976. The van der Waals surface area contributed by atoms with Gasteiger partial charge in [0.1, 0.15) is 0 Å². The van der Waals surface area contributed by atoms with Gasteiger partial charge in [-0.25, -0.2) is 9.97 Å². The lowest BCUT2D eigenvalue weighted by Crippen LogP contribution is -2.09. The van der Waals surface area contributed by atoms with E-state index in [4.69, 9.17) is 9.97 Å². The number of carbonyl (C=O) groups is 1. The molecule has 1 aliphatic carbocycles. The first kappa shape index (κ1) is 20.6. The zero-order valence-corrected chi connectivity index (χ0v) is 18.9. The molecule has 0 aliphatic heterocycles.